The van der Waals surface area contributed by atoms with E-state index in [4.69, 9.17) is 11.0 Å². The van der Waals surface area contributed by atoms with E-state index in [2.05, 4.69) is 11.8 Å². The molecule has 1 aromatic carbocycles. The Morgan fingerprint density at radius 2 is 2.05 bits per heavy atom. The lowest BCUT2D eigenvalue weighted by molar-refractivity contribution is 0.149. The van der Waals surface area contributed by atoms with Gasteiger partial charge in [-0.3, -0.25) is 4.90 Å². The van der Waals surface area contributed by atoms with Crippen LogP contribution in [0.5, 0.6) is 0 Å². The number of hydrogen-bond acceptors (Lipinski definition) is 3. The minimum atomic E-state index is -0.442. The molecule has 20 heavy (non-hydrogen) atoms. The van der Waals surface area contributed by atoms with Gasteiger partial charge in [0.1, 0.15) is 11.9 Å². The summed E-state index contributed by atoms with van der Waals surface area (Å²) in [5.41, 5.74) is 7.08. The molecule has 1 aliphatic carbocycles. The average molecular weight is 275 g/mol. The van der Waals surface area contributed by atoms with E-state index in [1.165, 1.54) is 6.07 Å². The van der Waals surface area contributed by atoms with Crippen molar-refractivity contribution in [1.82, 2.24) is 4.90 Å². The van der Waals surface area contributed by atoms with Gasteiger partial charge in [-0.2, -0.15) is 5.26 Å². The van der Waals surface area contributed by atoms with Crippen LogP contribution in [0, 0.1) is 17.1 Å². The van der Waals surface area contributed by atoms with E-state index in [1.807, 2.05) is 6.07 Å². The van der Waals surface area contributed by atoms with Gasteiger partial charge < -0.3 is 5.73 Å². The third-order valence-electron chi connectivity index (χ3n) is 4.20. The highest BCUT2D eigenvalue weighted by atomic mass is 19.1. The standard InChI is InChI=1S/C16H22FN3/c1-2-20(15-6-4-14(19)5-7-15)11-12-3-8-16(17)13(9-12)10-18/h3,8-9,14-15H,2,4-7,11,19H2,1H3. The Kier molecular flexibility index (Phi) is 5.11. The molecule has 2 rings (SSSR count). The van der Waals surface area contributed by atoms with Crippen LogP contribution >= 0.6 is 0 Å². The molecular formula is C16H22FN3. The fourth-order valence-corrected chi connectivity index (χ4v) is 2.96. The first-order chi connectivity index (χ1) is 9.63. The van der Waals surface area contributed by atoms with Crippen molar-refractivity contribution in [2.24, 2.45) is 5.73 Å². The number of nitrogens with zero attached hydrogens (tertiary/aromatic N) is 2. The molecule has 0 amide bonds. The van der Waals surface area contributed by atoms with Crippen LogP contribution < -0.4 is 5.73 Å². The molecule has 1 saturated carbocycles. The average Bonchev–Trinajstić information content (AvgIpc) is 2.47. The molecule has 1 aliphatic rings. The molecule has 108 valence electrons. The van der Waals surface area contributed by atoms with Gasteiger partial charge in [-0.1, -0.05) is 13.0 Å². The second-order valence-corrected chi connectivity index (χ2v) is 5.56. The minimum absolute atomic E-state index is 0.129. The van der Waals surface area contributed by atoms with Crippen LogP contribution in [0.25, 0.3) is 0 Å². The third kappa shape index (κ3) is 3.56. The molecule has 0 atom stereocenters. The quantitative estimate of drug-likeness (QED) is 0.919. The Labute approximate surface area is 120 Å². The fourth-order valence-electron chi connectivity index (χ4n) is 2.96. The number of rotatable bonds is 4. The SMILES string of the molecule is CCN(Cc1ccc(F)c(C#N)c1)C1CCC(N)CC1. The second kappa shape index (κ2) is 6.83. The Bertz CT molecular complexity index is 487. The molecule has 2 N–H and O–H groups in total. The summed E-state index contributed by atoms with van der Waals surface area (Å²) >= 11 is 0. The molecule has 0 heterocycles. The summed E-state index contributed by atoms with van der Waals surface area (Å²) in [6, 6.07) is 7.62. The summed E-state index contributed by atoms with van der Waals surface area (Å²) in [4.78, 5) is 2.40. The number of nitrogens with two attached hydrogens (primary N) is 1. The van der Waals surface area contributed by atoms with Crippen molar-refractivity contribution < 1.29 is 4.39 Å². The lowest BCUT2D eigenvalue weighted by Crippen LogP contribution is -2.40. The largest absolute Gasteiger partial charge is 0.328 e. The molecule has 0 aliphatic heterocycles. The van der Waals surface area contributed by atoms with Crippen LogP contribution in [0.2, 0.25) is 0 Å². The monoisotopic (exact) mass is 275 g/mol. The Morgan fingerprint density at radius 1 is 1.35 bits per heavy atom. The molecule has 4 heteroatoms. The first kappa shape index (κ1) is 15.0. The highest BCUT2D eigenvalue weighted by molar-refractivity contribution is 5.34. The van der Waals surface area contributed by atoms with Crippen molar-refractivity contribution >= 4 is 0 Å². The van der Waals surface area contributed by atoms with Crippen molar-refractivity contribution in [2.45, 2.75) is 51.2 Å². The minimum Gasteiger partial charge on any atom is -0.328 e. The number of nitriles is 1. The molecule has 0 saturated heterocycles. The summed E-state index contributed by atoms with van der Waals surface area (Å²) in [6.07, 6.45) is 4.41. The molecule has 1 aromatic rings. The molecule has 0 bridgehead atoms. The highest BCUT2D eigenvalue weighted by Gasteiger charge is 2.23. The van der Waals surface area contributed by atoms with Crippen molar-refractivity contribution in [2.75, 3.05) is 6.54 Å². The van der Waals surface area contributed by atoms with Gasteiger partial charge in [-0.25, -0.2) is 4.39 Å². The van der Waals surface area contributed by atoms with E-state index in [1.54, 1.807) is 12.1 Å². The molecule has 0 aromatic heterocycles. The third-order valence-corrected chi connectivity index (χ3v) is 4.20. The van der Waals surface area contributed by atoms with Crippen molar-refractivity contribution in [1.29, 1.82) is 5.26 Å². The van der Waals surface area contributed by atoms with Crippen LogP contribution in [-0.2, 0) is 6.54 Å². The number of benzene rings is 1. The topological polar surface area (TPSA) is 53.0 Å². The summed E-state index contributed by atoms with van der Waals surface area (Å²) in [6.45, 7) is 3.87. The Morgan fingerprint density at radius 3 is 2.65 bits per heavy atom. The maximum Gasteiger partial charge on any atom is 0.140 e. The van der Waals surface area contributed by atoms with Gasteiger partial charge in [0.15, 0.2) is 0 Å². The maximum absolute atomic E-state index is 13.3. The predicted molar refractivity (Wildman–Crippen MR) is 77.4 cm³/mol. The lowest BCUT2D eigenvalue weighted by Gasteiger charge is -2.35. The van der Waals surface area contributed by atoms with Crippen molar-refractivity contribution in [3.8, 4) is 6.07 Å². The van der Waals surface area contributed by atoms with Gasteiger partial charge in [0, 0.05) is 18.6 Å². The van der Waals surface area contributed by atoms with Gasteiger partial charge >= 0.3 is 0 Å². The number of halogens is 1. The van der Waals surface area contributed by atoms with Crippen LogP contribution in [-0.4, -0.2) is 23.5 Å². The lowest BCUT2D eigenvalue weighted by atomic mass is 9.90. The molecule has 0 radical (unpaired) electrons. The zero-order chi connectivity index (χ0) is 14.5. The van der Waals surface area contributed by atoms with Gasteiger partial charge in [0.05, 0.1) is 5.56 Å². The van der Waals surface area contributed by atoms with Gasteiger partial charge in [0.2, 0.25) is 0 Å². The molecule has 3 nitrogen and oxygen atoms in total. The summed E-state index contributed by atoms with van der Waals surface area (Å²) in [7, 11) is 0. The normalized spacial score (nSPS) is 22.8. The zero-order valence-corrected chi connectivity index (χ0v) is 12.0. The van der Waals surface area contributed by atoms with Crippen LogP contribution in [0.15, 0.2) is 18.2 Å². The summed E-state index contributed by atoms with van der Waals surface area (Å²) in [5, 5.41) is 8.89. The molecule has 0 spiro atoms. The summed E-state index contributed by atoms with van der Waals surface area (Å²) < 4.78 is 13.3. The first-order valence-electron chi connectivity index (χ1n) is 7.32. The summed E-state index contributed by atoms with van der Waals surface area (Å²) in [5.74, 6) is -0.442. The molecule has 0 unspecified atom stereocenters. The van der Waals surface area contributed by atoms with Gasteiger partial charge in [0.25, 0.3) is 0 Å². The highest BCUT2D eigenvalue weighted by Crippen LogP contribution is 2.24. The van der Waals surface area contributed by atoms with Gasteiger partial charge in [-0.05, 0) is 49.9 Å². The maximum atomic E-state index is 13.3. The van der Waals surface area contributed by atoms with E-state index in [0.717, 1.165) is 44.3 Å². The molecular weight excluding hydrogens is 253 g/mol. The van der Waals surface area contributed by atoms with E-state index < -0.39 is 5.82 Å². The zero-order valence-electron chi connectivity index (χ0n) is 12.0. The van der Waals surface area contributed by atoms with Crippen LogP contribution in [0.3, 0.4) is 0 Å². The van der Waals surface area contributed by atoms with Crippen LogP contribution in [0.4, 0.5) is 4.39 Å². The van der Waals surface area contributed by atoms with Gasteiger partial charge in [-0.15, -0.1) is 0 Å². The van der Waals surface area contributed by atoms with Crippen molar-refractivity contribution in [3.05, 3.63) is 35.1 Å². The smallest absolute Gasteiger partial charge is 0.140 e. The predicted octanol–water partition coefficient (Wildman–Crippen LogP) is 2.79. The van der Waals surface area contributed by atoms with E-state index in [9.17, 15) is 4.39 Å². The van der Waals surface area contributed by atoms with E-state index >= 15 is 0 Å². The van der Waals surface area contributed by atoms with E-state index in [-0.39, 0.29) is 5.56 Å². The first-order valence-corrected chi connectivity index (χ1v) is 7.32. The second-order valence-electron chi connectivity index (χ2n) is 5.56. The van der Waals surface area contributed by atoms with Crippen molar-refractivity contribution in [3.63, 3.8) is 0 Å². The molecule has 1 fully saturated rings. The van der Waals surface area contributed by atoms with E-state index in [0.29, 0.717) is 12.1 Å². The number of hydrogen-bond donors (Lipinski definition) is 1. The Balaban J connectivity index is 2.05. The van der Waals surface area contributed by atoms with Crippen LogP contribution in [0.1, 0.15) is 43.7 Å². The fraction of sp³-hybridized carbons (Fsp3) is 0.562. The Hall–Kier alpha value is -1.44.